The number of rotatable bonds is 5. The number of hydrogen-bond acceptors (Lipinski definition) is 5. The molecule has 1 aromatic carbocycles. The normalized spacial score (nSPS) is 11.0. The van der Waals surface area contributed by atoms with E-state index in [1.54, 1.807) is 6.07 Å². The second-order valence-corrected chi connectivity index (χ2v) is 6.03. The smallest absolute Gasteiger partial charge is 0.280 e. The third-order valence-electron chi connectivity index (χ3n) is 3.81. The summed E-state index contributed by atoms with van der Waals surface area (Å²) in [6, 6.07) is 8.26. The van der Waals surface area contributed by atoms with Gasteiger partial charge in [0, 0.05) is 17.8 Å². The Morgan fingerprint density at radius 1 is 1.19 bits per heavy atom. The van der Waals surface area contributed by atoms with Crippen molar-refractivity contribution in [2.45, 2.75) is 18.1 Å². The molecule has 0 aliphatic rings. The highest BCUT2D eigenvalue weighted by molar-refractivity contribution is 7.80. The molecule has 2 heterocycles. The Bertz CT molecular complexity index is 1040. The zero-order chi connectivity index (χ0) is 19.6. The van der Waals surface area contributed by atoms with Gasteiger partial charge >= 0.3 is 0 Å². The van der Waals surface area contributed by atoms with Crippen molar-refractivity contribution >= 4 is 12.6 Å². The molecule has 0 amide bonds. The van der Waals surface area contributed by atoms with E-state index in [1.807, 2.05) is 0 Å². The van der Waals surface area contributed by atoms with E-state index < -0.39 is 17.9 Å². The lowest BCUT2D eigenvalue weighted by Gasteiger charge is -2.10. The summed E-state index contributed by atoms with van der Waals surface area (Å²) >= 11 is 3.95. The molecule has 0 aliphatic carbocycles. The lowest BCUT2D eigenvalue weighted by molar-refractivity contribution is 0.145. The van der Waals surface area contributed by atoms with Gasteiger partial charge in [-0.2, -0.15) is 0 Å². The molecule has 0 fully saturated rings. The Labute approximate surface area is 157 Å². The maximum absolute atomic E-state index is 13.9. The Morgan fingerprint density at radius 3 is 2.63 bits per heavy atom. The number of ether oxygens (including phenoxy) is 1. The molecule has 0 bridgehead atoms. The first-order valence-corrected chi connectivity index (χ1v) is 8.21. The number of thiol groups is 1. The number of hydrogen-bond donors (Lipinski definition) is 1. The molecule has 9 heteroatoms. The lowest BCUT2D eigenvalue weighted by Crippen LogP contribution is -2.19. The van der Waals surface area contributed by atoms with Crippen LogP contribution in [0.3, 0.4) is 0 Å². The molecule has 3 aromatic rings. The van der Waals surface area contributed by atoms with Crippen molar-refractivity contribution in [1.29, 1.82) is 0 Å². The first kappa shape index (κ1) is 19.0. The van der Waals surface area contributed by atoms with Gasteiger partial charge in [-0.3, -0.25) is 4.79 Å². The molecule has 0 saturated heterocycles. The van der Waals surface area contributed by atoms with Gasteiger partial charge in [0.2, 0.25) is 0 Å². The molecule has 3 rings (SSSR count). The molecular formula is C18H14F3N3O2S. The molecule has 27 heavy (non-hydrogen) atoms. The molecule has 5 nitrogen and oxygen atoms in total. The van der Waals surface area contributed by atoms with E-state index >= 15 is 0 Å². The van der Waals surface area contributed by atoms with Crippen molar-refractivity contribution in [2.24, 2.45) is 0 Å². The third kappa shape index (κ3) is 4.30. The number of methoxy groups -OCH3 is 1. The van der Waals surface area contributed by atoms with Gasteiger partial charge in [0.15, 0.2) is 16.7 Å². The molecule has 0 unspecified atom stereocenters. The van der Waals surface area contributed by atoms with Crippen LogP contribution in [0.5, 0.6) is 5.75 Å². The molecule has 2 aromatic heterocycles. The van der Waals surface area contributed by atoms with Crippen molar-refractivity contribution in [3.8, 4) is 17.0 Å². The summed E-state index contributed by atoms with van der Waals surface area (Å²) in [5.41, 5.74) is 0.394. The average molecular weight is 393 g/mol. The standard InChI is InChI=1S/C18H14F3N3O2S/c1-26-15-4-2-10(6-12(15)19)8-24-9-11(3-5-16(24)25)13-7-14(17(20)21)23-18(27)22-13/h2-7,9,17H,8H2,1H3,(H,22,23,27). The summed E-state index contributed by atoms with van der Waals surface area (Å²) in [6.07, 6.45) is -1.30. The Morgan fingerprint density at radius 2 is 1.96 bits per heavy atom. The molecule has 0 N–H and O–H groups in total. The summed E-state index contributed by atoms with van der Waals surface area (Å²) in [5.74, 6) is -0.446. The minimum Gasteiger partial charge on any atom is -0.494 e. The monoisotopic (exact) mass is 393 g/mol. The predicted molar refractivity (Wildman–Crippen MR) is 96.0 cm³/mol. The van der Waals surface area contributed by atoms with Gasteiger partial charge in [0.25, 0.3) is 12.0 Å². The van der Waals surface area contributed by atoms with Crippen LogP contribution < -0.4 is 10.3 Å². The summed E-state index contributed by atoms with van der Waals surface area (Å²) < 4.78 is 45.9. The van der Waals surface area contributed by atoms with Crippen molar-refractivity contribution < 1.29 is 17.9 Å². The molecular weight excluding hydrogens is 379 g/mol. The second-order valence-electron chi connectivity index (χ2n) is 5.63. The number of pyridine rings is 1. The van der Waals surface area contributed by atoms with Gasteiger partial charge in [0.05, 0.1) is 19.3 Å². The molecule has 0 aliphatic heterocycles. The van der Waals surface area contributed by atoms with Crippen molar-refractivity contribution in [2.75, 3.05) is 7.11 Å². The van der Waals surface area contributed by atoms with Crippen LogP contribution in [0.25, 0.3) is 11.3 Å². The second kappa shape index (κ2) is 7.83. The van der Waals surface area contributed by atoms with Gasteiger partial charge < -0.3 is 9.30 Å². The zero-order valence-corrected chi connectivity index (χ0v) is 15.0. The summed E-state index contributed by atoms with van der Waals surface area (Å²) in [5, 5.41) is -0.0993. The van der Waals surface area contributed by atoms with Crippen LogP contribution in [-0.2, 0) is 6.54 Å². The van der Waals surface area contributed by atoms with E-state index in [0.717, 1.165) is 6.07 Å². The van der Waals surface area contributed by atoms with Crippen molar-refractivity contribution in [3.05, 3.63) is 70.0 Å². The fourth-order valence-corrected chi connectivity index (χ4v) is 2.75. The lowest BCUT2D eigenvalue weighted by atomic mass is 10.1. The highest BCUT2D eigenvalue weighted by atomic mass is 32.1. The van der Waals surface area contributed by atoms with Crippen LogP contribution in [-0.4, -0.2) is 21.6 Å². The van der Waals surface area contributed by atoms with E-state index in [9.17, 15) is 18.0 Å². The minimum absolute atomic E-state index is 0.0914. The first-order chi connectivity index (χ1) is 12.9. The number of halogens is 3. The molecule has 0 atom stereocenters. The molecule has 0 radical (unpaired) electrons. The quantitative estimate of drug-likeness (QED) is 0.530. The van der Waals surface area contributed by atoms with Crippen LogP contribution in [0.2, 0.25) is 0 Å². The number of nitrogens with zero attached hydrogens (tertiary/aromatic N) is 3. The van der Waals surface area contributed by atoms with Gasteiger partial charge in [-0.15, -0.1) is 12.6 Å². The van der Waals surface area contributed by atoms with Gasteiger partial charge in [0.1, 0.15) is 5.69 Å². The Kier molecular flexibility index (Phi) is 5.50. The minimum atomic E-state index is -2.77. The highest BCUT2D eigenvalue weighted by Crippen LogP contribution is 2.24. The van der Waals surface area contributed by atoms with E-state index in [4.69, 9.17) is 4.74 Å². The van der Waals surface area contributed by atoms with E-state index in [-0.39, 0.29) is 28.7 Å². The van der Waals surface area contributed by atoms with Crippen LogP contribution >= 0.6 is 12.6 Å². The van der Waals surface area contributed by atoms with Crippen LogP contribution in [0, 0.1) is 5.82 Å². The molecule has 0 spiro atoms. The Balaban J connectivity index is 1.98. The fourth-order valence-electron chi connectivity index (χ4n) is 2.52. The topological polar surface area (TPSA) is 57.0 Å². The summed E-state index contributed by atoms with van der Waals surface area (Å²) in [6.45, 7) is 0.0914. The zero-order valence-electron chi connectivity index (χ0n) is 14.1. The van der Waals surface area contributed by atoms with Crippen molar-refractivity contribution in [1.82, 2.24) is 14.5 Å². The SMILES string of the molecule is COc1ccc(Cn2cc(-c3cc(C(F)F)nc(S)n3)ccc2=O)cc1F. The first-order valence-electron chi connectivity index (χ1n) is 7.76. The van der Waals surface area contributed by atoms with Crippen LogP contribution in [0.15, 0.2) is 52.5 Å². The van der Waals surface area contributed by atoms with Crippen molar-refractivity contribution in [3.63, 3.8) is 0 Å². The highest BCUT2D eigenvalue weighted by Gasteiger charge is 2.14. The third-order valence-corrected chi connectivity index (χ3v) is 4.01. The summed E-state index contributed by atoms with van der Waals surface area (Å²) in [4.78, 5) is 19.7. The van der Waals surface area contributed by atoms with Crippen LogP contribution in [0.4, 0.5) is 13.2 Å². The van der Waals surface area contributed by atoms with E-state index in [0.29, 0.717) is 11.1 Å². The van der Waals surface area contributed by atoms with Gasteiger partial charge in [-0.05, 0) is 29.8 Å². The maximum Gasteiger partial charge on any atom is 0.280 e. The molecule has 0 saturated carbocycles. The van der Waals surface area contributed by atoms with E-state index in [1.165, 1.54) is 42.1 Å². The number of alkyl halides is 2. The molecule has 140 valence electrons. The van der Waals surface area contributed by atoms with E-state index in [2.05, 4.69) is 22.6 Å². The average Bonchev–Trinajstić information content (AvgIpc) is 2.63. The summed E-state index contributed by atoms with van der Waals surface area (Å²) in [7, 11) is 1.36. The predicted octanol–water partition coefficient (Wildman–Crippen LogP) is 3.73. The number of benzene rings is 1. The largest absolute Gasteiger partial charge is 0.494 e. The maximum atomic E-state index is 13.9. The fraction of sp³-hybridized carbons (Fsp3) is 0.167. The van der Waals surface area contributed by atoms with Gasteiger partial charge in [-0.1, -0.05) is 6.07 Å². The van der Waals surface area contributed by atoms with Crippen LogP contribution in [0.1, 0.15) is 17.7 Å². The Hall–Kier alpha value is -2.81. The van der Waals surface area contributed by atoms with Gasteiger partial charge in [-0.25, -0.2) is 23.1 Å². The number of aromatic nitrogens is 3.